The largest absolute Gasteiger partial charge is 0.0742 e. The highest BCUT2D eigenvalue weighted by molar-refractivity contribution is 6.14. The van der Waals surface area contributed by atoms with Crippen LogP contribution in [0.2, 0.25) is 5.31 Å². The summed E-state index contributed by atoms with van der Waals surface area (Å²) < 4.78 is 0. The average Bonchev–Trinajstić information content (AvgIpc) is 1.81. The molecule has 0 aromatic carbocycles. The minimum absolute atomic E-state index is 0.153. The van der Waals surface area contributed by atoms with Crippen molar-refractivity contribution in [1.82, 2.24) is 0 Å². The molecule has 1 aliphatic carbocycles. The highest BCUT2D eigenvalue weighted by atomic mass is 14.2. The fraction of sp³-hybridized carbons (Fsp3) is 1.00. The zero-order valence-corrected chi connectivity index (χ0v) is 7.03. The minimum atomic E-state index is 0.153. The van der Waals surface area contributed by atoms with Crippen molar-refractivity contribution in [2.24, 2.45) is 0 Å². The summed E-state index contributed by atoms with van der Waals surface area (Å²) in [6, 6.07) is 0. The maximum atomic E-state index is 6.05. The van der Waals surface area contributed by atoms with E-state index in [9.17, 15) is 0 Å². The standard InChI is InChI=1S/C9H17B/c1-9(10)7-5-3-2-4-6-8-9/h2-8H2,1H3. The second-order valence-corrected chi connectivity index (χ2v) is 3.92. The van der Waals surface area contributed by atoms with Crippen molar-refractivity contribution in [3.05, 3.63) is 0 Å². The van der Waals surface area contributed by atoms with Gasteiger partial charge in [-0.3, -0.25) is 0 Å². The topological polar surface area (TPSA) is 0 Å². The summed E-state index contributed by atoms with van der Waals surface area (Å²) in [7, 11) is 6.05. The number of hydrogen-bond donors (Lipinski definition) is 0. The SMILES string of the molecule is [B]C1(C)CCCCCCC1. The molecule has 10 heavy (non-hydrogen) atoms. The van der Waals surface area contributed by atoms with E-state index >= 15 is 0 Å². The summed E-state index contributed by atoms with van der Waals surface area (Å²) in [5.41, 5.74) is 0. The van der Waals surface area contributed by atoms with Crippen LogP contribution in [0, 0.1) is 0 Å². The second-order valence-electron chi connectivity index (χ2n) is 3.92. The first-order chi connectivity index (χ1) is 4.71. The molecule has 1 fully saturated rings. The van der Waals surface area contributed by atoms with Gasteiger partial charge in [-0.25, -0.2) is 0 Å². The van der Waals surface area contributed by atoms with Gasteiger partial charge in [0.05, 0.1) is 7.85 Å². The van der Waals surface area contributed by atoms with Gasteiger partial charge in [0.25, 0.3) is 0 Å². The van der Waals surface area contributed by atoms with E-state index in [0.717, 1.165) is 0 Å². The van der Waals surface area contributed by atoms with Crippen molar-refractivity contribution in [3.8, 4) is 0 Å². The van der Waals surface area contributed by atoms with Crippen LogP contribution in [0.3, 0.4) is 0 Å². The van der Waals surface area contributed by atoms with E-state index in [4.69, 9.17) is 7.85 Å². The Balaban J connectivity index is 2.30. The summed E-state index contributed by atoms with van der Waals surface area (Å²) in [4.78, 5) is 0. The molecular formula is C9H17B. The van der Waals surface area contributed by atoms with Crippen LogP contribution in [0.15, 0.2) is 0 Å². The molecule has 0 nitrogen and oxygen atoms in total. The molecule has 1 rings (SSSR count). The second kappa shape index (κ2) is 3.45. The van der Waals surface area contributed by atoms with E-state index in [2.05, 4.69) is 6.92 Å². The molecule has 0 amide bonds. The predicted octanol–water partition coefficient (Wildman–Crippen LogP) is 3.08. The predicted molar refractivity (Wildman–Crippen MR) is 46.4 cm³/mol. The zero-order valence-electron chi connectivity index (χ0n) is 7.03. The minimum Gasteiger partial charge on any atom is -0.0688 e. The monoisotopic (exact) mass is 136 g/mol. The lowest BCUT2D eigenvalue weighted by Crippen LogP contribution is -2.09. The normalized spacial score (nSPS) is 26.9. The van der Waals surface area contributed by atoms with E-state index in [0.29, 0.717) is 0 Å². The Morgan fingerprint density at radius 1 is 0.900 bits per heavy atom. The molecule has 0 N–H and O–H groups in total. The van der Waals surface area contributed by atoms with Crippen LogP contribution >= 0.6 is 0 Å². The molecular weight excluding hydrogens is 119 g/mol. The molecule has 0 heterocycles. The average molecular weight is 136 g/mol. The lowest BCUT2D eigenvalue weighted by molar-refractivity contribution is 0.421. The van der Waals surface area contributed by atoms with Gasteiger partial charge in [0.1, 0.15) is 0 Å². The molecule has 1 saturated carbocycles. The fourth-order valence-corrected chi connectivity index (χ4v) is 1.71. The van der Waals surface area contributed by atoms with Gasteiger partial charge in [0.2, 0.25) is 0 Å². The summed E-state index contributed by atoms with van der Waals surface area (Å²) in [5.74, 6) is 0. The van der Waals surface area contributed by atoms with Gasteiger partial charge >= 0.3 is 0 Å². The van der Waals surface area contributed by atoms with Crippen LogP contribution in [0.4, 0.5) is 0 Å². The molecule has 56 valence electrons. The quantitative estimate of drug-likeness (QED) is 0.449. The molecule has 1 aliphatic rings. The van der Waals surface area contributed by atoms with Gasteiger partial charge < -0.3 is 0 Å². The smallest absolute Gasteiger partial charge is 0.0688 e. The molecule has 0 spiro atoms. The van der Waals surface area contributed by atoms with Crippen molar-refractivity contribution >= 4 is 7.85 Å². The van der Waals surface area contributed by atoms with Gasteiger partial charge in [-0.05, 0) is 0 Å². The van der Waals surface area contributed by atoms with Gasteiger partial charge in [0.15, 0.2) is 0 Å². The first-order valence-corrected chi connectivity index (χ1v) is 4.50. The van der Waals surface area contributed by atoms with Crippen molar-refractivity contribution in [2.75, 3.05) is 0 Å². The van der Waals surface area contributed by atoms with Crippen LogP contribution < -0.4 is 0 Å². The van der Waals surface area contributed by atoms with Crippen LogP contribution in [-0.4, -0.2) is 7.85 Å². The lowest BCUT2D eigenvalue weighted by Gasteiger charge is -2.26. The Hall–Kier alpha value is 0.0649. The summed E-state index contributed by atoms with van der Waals surface area (Å²) in [6.07, 6.45) is 9.36. The van der Waals surface area contributed by atoms with E-state index in [1.807, 2.05) is 0 Å². The Morgan fingerprint density at radius 2 is 1.30 bits per heavy atom. The number of rotatable bonds is 0. The van der Waals surface area contributed by atoms with Crippen LogP contribution in [0.1, 0.15) is 51.9 Å². The zero-order chi connectivity index (χ0) is 7.45. The van der Waals surface area contributed by atoms with Crippen LogP contribution in [0.5, 0.6) is 0 Å². The fourth-order valence-electron chi connectivity index (χ4n) is 1.71. The highest BCUT2D eigenvalue weighted by Crippen LogP contribution is 2.36. The van der Waals surface area contributed by atoms with Crippen LogP contribution in [-0.2, 0) is 0 Å². The van der Waals surface area contributed by atoms with E-state index in [1.54, 1.807) is 0 Å². The third-order valence-electron chi connectivity index (χ3n) is 2.50. The number of hydrogen-bond acceptors (Lipinski definition) is 0. The lowest BCUT2D eigenvalue weighted by atomic mass is 9.63. The molecule has 0 saturated heterocycles. The Kier molecular flexibility index (Phi) is 2.82. The molecule has 2 radical (unpaired) electrons. The molecule has 0 aliphatic heterocycles. The van der Waals surface area contributed by atoms with Gasteiger partial charge in [-0.15, -0.1) is 0 Å². The van der Waals surface area contributed by atoms with E-state index in [1.165, 1.54) is 44.9 Å². The third-order valence-corrected chi connectivity index (χ3v) is 2.50. The van der Waals surface area contributed by atoms with E-state index in [-0.39, 0.29) is 5.31 Å². The molecule has 0 unspecified atom stereocenters. The van der Waals surface area contributed by atoms with E-state index < -0.39 is 0 Å². The van der Waals surface area contributed by atoms with Crippen molar-refractivity contribution in [1.29, 1.82) is 0 Å². The molecule has 0 aromatic rings. The first kappa shape index (κ1) is 8.16. The maximum absolute atomic E-state index is 6.05. The van der Waals surface area contributed by atoms with Crippen LogP contribution in [0.25, 0.3) is 0 Å². The molecule has 0 aromatic heterocycles. The Morgan fingerprint density at radius 3 is 1.80 bits per heavy atom. The van der Waals surface area contributed by atoms with Crippen molar-refractivity contribution in [3.63, 3.8) is 0 Å². The first-order valence-electron chi connectivity index (χ1n) is 4.50. The van der Waals surface area contributed by atoms with Gasteiger partial charge in [0, 0.05) is 0 Å². The maximum Gasteiger partial charge on any atom is 0.0742 e. The van der Waals surface area contributed by atoms with Gasteiger partial charge in [-0.1, -0.05) is 57.2 Å². The summed E-state index contributed by atoms with van der Waals surface area (Å²) in [6.45, 7) is 2.19. The van der Waals surface area contributed by atoms with Crippen molar-refractivity contribution in [2.45, 2.75) is 57.2 Å². The third kappa shape index (κ3) is 2.77. The highest BCUT2D eigenvalue weighted by Gasteiger charge is 2.17. The van der Waals surface area contributed by atoms with Gasteiger partial charge in [-0.2, -0.15) is 0 Å². The molecule has 0 bridgehead atoms. The Bertz CT molecular complexity index is 86.9. The molecule has 1 heteroatoms. The molecule has 0 atom stereocenters. The summed E-state index contributed by atoms with van der Waals surface area (Å²) in [5, 5.41) is 0.153. The summed E-state index contributed by atoms with van der Waals surface area (Å²) >= 11 is 0. The Labute approximate surface area is 65.8 Å². The van der Waals surface area contributed by atoms with Crippen molar-refractivity contribution < 1.29 is 0 Å².